The molecule has 0 unspecified atom stereocenters. The van der Waals surface area contributed by atoms with Crippen molar-refractivity contribution >= 4 is 50.4 Å². The maximum atomic E-state index is 13.0. The first-order chi connectivity index (χ1) is 18.3. The lowest BCUT2D eigenvalue weighted by Crippen LogP contribution is -2.36. The smallest absolute Gasteiger partial charge is 0.256 e. The van der Waals surface area contributed by atoms with Crippen molar-refractivity contribution in [2.24, 2.45) is 10.3 Å². The minimum absolute atomic E-state index is 0.258. The molecule has 11 nitrogen and oxygen atoms in total. The van der Waals surface area contributed by atoms with E-state index >= 15 is 0 Å². The molecule has 1 saturated carbocycles. The third-order valence-corrected chi connectivity index (χ3v) is 6.70. The molecule has 3 N–H and O–H groups in total. The predicted molar refractivity (Wildman–Crippen MR) is 149 cm³/mol. The Morgan fingerprint density at radius 3 is 2.55 bits per heavy atom. The molecule has 1 aliphatic carbocycles. The van der Waals surface area contributed by atoms with Gasteiger partial charge in [0.05, 0.1) is 13.2 Å². The summed E-state index contributed by atoms with van der Waals surface area (Å²) in [6.07, 6.45) is 6.86. The molecule has 0 bridgehead atoms. The molecule has 1 aromatic carbocycles. The van der Waals surface area contributed by atoms with Crippen LogP contribution in [0.25, 0.3) is 0 Å². The molecule has 200 valence electrons. The Morgan fingerprint density at radius 2 is 1.84 bits per heavy atom. The average molecular weight is 537 g/mol. The highest BCUT2D eigenvalue weighted by atomic mass is 32.2. The monoisotopic (exact) mass is 536 g/mol. The number of hydrogen-bond acceptors (Lipinski definition) is 10. The minimum atomic E-state index is -2.37. The Kier molecular flexibility index (Phi) is 7.70. The summed E-state index contributed by atoms with van der Waals surface area (Å²) in [7, 11) is -2.37. The molecule has 3 heterocycles. The highest BCUT2D eigenvalue weighted by Crippen LogP contribution is 2.28. The first-order valence-corrected chi connectivity index (χ1v) is 14.9. The number of benzene rings is 1. The van der Waals surface area contributed by atoms with E-state index in [2.05, 4.69) is 40.2 Å². The number of nitrogens with zero attached hydrogens (tertiary/aromatic N) is 5. The number of nitrogens with one attached hydrogen (secondary N) is 3. The Bertz CT molecular complexity index is 1400. The zero-order chi connectivity index (χ0) is 26.5. The summed E-state index contributed by atoms with van der Waals surface area (Å²) < 4.78 is 21.7. The summed E-state index contributed by atoms with van der Waals surface area (Å²) >= 11 is 0. The second-order valence-corrected chi connectivity index (χ2v) is 12.2. The van der Waals surface area contributed by atoms with Crippen molar-refractivity contribution < 1.29 is 13.7 Å². The molecule has 0 atom stereocenters. The summed E-state index contributed by atoms with van der Waals surface area (Å²) in [6, 6.07) is 13.2. The van der Waals surface area contributed by atoms with E-state index in [1.165, 1.54) is 6.20 Å². The van der Waals surface area contributed by atoms with Crippen molar-refractivity contribution in [1.82, 2.24) is 20.3 Å². The number of amides is 1. The van der Waals surface area contributed by atoms with Gasteiger partial charge < -0.3 is 25.6 Å². The number of aromatic nitrogens is 3. The molecule has 2 aromatic heterocycles. The average Bonchev–Trinajstić information content (AvgIpc) is 3.72. The molecule has 0 radical (unpaired) electrons. The van der Waals surface area contributed by atoms with Crippen LogP contribution < -0.4 is 20.9 Å². The van der Waals surface area contributed by atoms with E-state index in [4.69, 9.17) is 4.74 Å². The normalized spacial score (nSPS) is 15.6. The number of rotatable bonds is 9. The van der Waals surface area contributed by atoms with Crippen LogP contribution in [0.3, 0.4) is 0 Å². The van der Waals surface area contributed by atoms with Gasteiger partial charge in [0, 0.05) is 59.4 Å². The Balaban J connectivity index is 1.37. The molecule has 2 aliphatic rings. The molecule has 5 rings (SSSR count). The fourth-order valence-corrected chi connectivity index (χ4v) is 4.51. The molecule has 2 fully saturated rings. The molecule has 38 heavy (non-hydrogen) atoms. The van der Waals surface area contributed by atoms with Gasteiger partial charge >= 0.3 is 0 Å². The van der Waals surface area contributed by atoms with Crippen LogP contribution in [-0.2, 0) is 14.5 Å². The van der Waals surface area contributed by atoms with E-state index in [1.54, 1.807) is 30.7 Å². The van der Waals surface area contributed by atoms with Crippen molar-refractivity contribution in [3.63, 3.8) is 0 Å². The van der Waals surface area contributed by atoms with Gasteiger partial charge in [-0.05, 0) is 55.2 Å². The molecule has 1 aliphatic heterocycles. The SMILES string of the molecule is CS(C)(=O)=Nc1cccc(Nc2nc(Nc3ccc(N4CCOCC4)cc3)ncc2C(=O)NCC2CC2)n1. The van der Waals surface area contributed by atoms with E-state index < -0.39 is 9.73 Å². The van der Waals surface area contributed by atoms with Crippen LogP contribution in [0, 0.1) is 5.92 Å². The fraction of sp³-hybridized carbons (Fsp3) is 0.385. The molecule has 3 aromatic rings. The van der Waals surface area contributed by atoms with Gasteiger partial charge in [-0.25, -0.2) is 14.2 Å². The maximum absolute atomic E-state index is 13.0. The van der Waals surface area contributed by atoms with Gasteiger partial charge in [-0.1, -0.05) is 6.07 Å². The number of carbonyl (C=O) groups excluding carboxylic acids is 1. The number of carbonyl (C=O) groups is 1. The van der Waals surface area contributed by atoms with E-state index in [0.717, 1.165) is 50.5 Å². The Morgan fingerprint density at radius 1 is 1.08 bits per heavy atom. The van der Waals surface area contributed by atoms with Crippen LogP contribution in [0.1, 0.15) is 23.2 Å². The van der Waals surface area contributed by atoms with Crippen LogP contribution in [0.2, 0.25) is 0 Å². The Labute approximate surface area is 222 Å². The van der Waals surface area contributed by atoms with E-state index in [9.17, 15) is 9.00 Å². The number of pyridine rings is 1. The number of morpholine rings is 1. The fourth-order valence-electron chi connectivity index (χ4n) is 3.95. The third kappa shape index (κ3) is 7.17. The van der Waals surface area contributed by atoms with E-state index in [1.807, 2.05) is 24.3 Å². The molecule has 12 heteroatoms. The van der Waals surface area contributed by atoms with Gasteiger partial charge in [0.2, 0.25) is 5.95 Å². The van der Waals surface area contributed by atoms with Gasteiger partial charge in [0.1, 0.15) is 17.2 Å². The second kappa shape index (κ2) is 11.3. The Hall–Kier alpha value is -3.77. The van der Waals surface area contributed by atoms with E-state index in [-0.39, 0.29) is 5.91 Å². The second-order valence-electron chi connectivity index (χ2n) is 9.66. The summed E-state index contributed by atoms with van der Waals surface area (Å²) in [5.74, 6) is 1.67. The number of ether oxygens (including phenoxy) is 1. The van der Waals surface area contributed by atoms with Crippen molar-refractivity contribution in [3.8, 4) is 0 Å². The molecule has 1 saturated heterocycles. The molecule has 1 amide bonds. The van der Waals surface area contributed by atoms with Crippen LogP contribution >= 0.6 is 0 Å². The minimum Gasteiger partial charge on any atom is -0.378 e. The van der Waals surface area contributed by atoms with Crippen LogP contribution in [0.4, 0.5) is 34.8 Å². The van der Waals surface area contributed by atoms with Crippen molar-refractivity contribution in [1.29, 1.82) is 0 Å². The lowest BCUT2D eigenvalue weighted by molar-refractivity contribution is 0.0952. The first-order valence-electron chi connectivity index (χ1n) is 12.6. The summed E-state index contributed by atoms with van der Waals surface area (Å²) in [5, 5.41) is 9.31. The standard InChI is InChI=1S/C26H32N8O3S/c1-38(2,36)33-23-5-3-4-22(30-23)31-24-21(25(35)27-16-18-6-7-18)17-28-26(32-24)29-19-8-10-20(11-9-19)34-12-14-37-15-13-34/h3-5,8-11,17-18H,6-7,12-16H2,1-2H3,(H,27,35)(H2,28,29,30,31,32). The lowest BCUT2D eigenvalue weighted by Gasteiger charge is -2.28. The van der Waals surface area contributed by atoms with Crippen molar-refractivity contribution in [2.75, 3.05) is 60.9 Å². The first kappa shape index (κ1) is 25.9. The molecule has 0 spiro atoms. The van der Waals surface area contributed by atoms with Gasteiger partial charge in [-0.2, -0.15) is 9.35 Å². The predicted octanol–water partition coefficient (Wildman–Crippen LogP) is 3.69. The zero-order valence-electron chi connectivity index (χ0n) is 21.5. The van der Waals surface area contributed by atoms with Gasteiger partial charge in [-0.15, -0.1) is 0 Å². The zero-order valence-corrected chi connectivity index (χ0v) is 22.3. The van der Waals surface area contributed by atoms with Crippen LogP contribution in [0.5, 0.6) is 0 Å². The summed E-state index contributed by atoms with van der Waals surface area (Å²) in [4.78, 5) is 28.6. The summed E-state index contributed by atoms with van der Waals surface area (Å²) in [5.41, 5.74) is 2.25. The highest BCUT2D eigenvalue weighted by molar-refractivity contribution is 7.92. The van der Waals surface area contributed by atoms with E-state index in [0.29, 0.717) is 41.4 Å². The topological polar surface area (TPSA) is 134 Å². The van der Waals surface area contributed by atoms with Crippen LogP contribution in [0.15, 0.2) is 53.0 Å². The highest BCUT2D eigenvalue weighted by Gasteiger charge is 2.23. The quantitative estimate of drug-likeness (QED) is 0.374. The van der Waals surface area contributed by atoms with Crippen molar-refractivity contribution in [2.45, 2.75) is 12.8 Å². The number of anilines is 5. The third-order valence-electron chi connectivity index (χ3n) is 6.08. The maximum Gasteiger partial charge on any atom is 0.256 e. The largest absolute Gasteiger partial charge is 0.378 e. The number of hydrogen-bond donors (Lipinski definition) is 3. The molecular weight excluding hydrogens is 504 g/mol. The van der Waals surface area contributed by atoms with Gasteiger partial charge in [0.15, 0.2) is 5.82 Å². The van der Waals surface area contributed by atoms with Crippen molar-refractivity contribution in [3.05, 3.63) is 54.2 Å². The van der Waals surface area contributed by atoms with Crippen LogP contribution in [-0.4, -0.2) is 70.4 Å². The summed E-state index contributed by atoms with van der Waals surface area (Å²) in [6.45, 7) is 3.82. The lowest BCUT2D eigenvalue weighted by atomic mass is 10.2. The van der Waals surface area contributed by atoms with Gasteiger partial charge in [0.25, 0.3) is 5.91 Å². The molecular formula is C26H32N8O3S. The van der Waals surface area contributed by atoms with Gasteiger partial charge in [-0.3, -0.25) is 4.79 Å².